The van der Waals surface area contributed by atoms with Crippen molar-refractivity contribution < 1.29 is 8.83 Å². The molecule has 240 valence electrons. The largest absolute Gasteiger partial charge is 0.456 e. The molecular weight excluding hydrogens is 623 g/mol. The molecule has 51 heavy (non-hydrogen) atoms. The van der Waals surface area contributed by atoms with Crippen molar-refractivity contribution >= 4 is 60.9 Å². The minimum Gasteiger partial charge on any atom is -0.456 e. The number of rotatable bonds is 6. The van der Waals surface area contributed by atoms with Crippen molar-refractivity contribution in [2.45, 2.75) is 0 Å². The van der Waals surface area contributed by atoms with Gasteiger partial charge in [-0.25, -0.2) is 0 Å². The number of fused-ring (bicyclic) bond motifs is 6. The number of furan rings is 2. The van der Waals surface area contributed by atoms with Gasteiger partial charge in [0, 0.05) is 32.9 Å². The van der Waals surface area contributed by atoms with Crippen molar-refractivity contribution in [1.29, 1.82) is 0 Å². The highest BCUT2D eigenvalue weighted by Crippen LogP contribution is 2.48. The van der Waals surface area contributed by atoms with Crippen LogP contribution in [0.15, 0.2) is 197 Å². The van der Waals surface area contributed by atoms with E-state index in [1.807, 2.05) is 18.2 Å². The second-order valence-electron chi connectivity index (χ2n) is 12.9. The van der Waals surface area contributed by atoms with Gasteiger partial charge in [0.1, 0.15) is 16.7 Å². The smallest absolute Gasteiger partial charge is 0.160 e. The molecule has 0 saturated heterocycles. The fraction of sp³-hybridized carbons (Fsp3) is 0. The molecule has 0 bridgehead atoms. The summed E-state index contributed by atoms with van der Waals surface area (Å²) in [5.41, 5.74) is 13.4. The van der Waals surface area contributed by atoms with Crippen LogP contribution in [0.5, 0.6) is 0 Å². The minimum absolute atomic E-state index is 0.831. The number of anilines is 3. The van der Waals surface area contributed by atoms with E-state index in [-0.39, 0.29) is 0 Å². The van der Waals surface area contributed by atoms with Gasteiger partial charge < -0.3 is 13.7 Å². The van der Waals surface area contributed by atoms with Crippen LogP contribution >= 0.6 is 0 Å². The number of para-hydroxylation sites is 2. The fourth-order valence-electron chi connectivity index (χ4n) is 7.51. The zero-order valence-electron chi connectivity index (χ0n) is 27.7. The first-order valence-electron chi connectivity index (χ1n) is 17.3. The molecule has 0 atom stereocenters. The Labute approximate surface area is 295 Å². The molecule has 0 saturated carbocycles. The highest BCUT2D eigenvalue weighted by molar-refractivity contribution is 6.21. The third-order valence-corrected chi connectivity index (χ3v) is 9.90. The van der Waals surface area contributed by atoms with Crippen molar-refractivity contribution in [3.05, 3.63) is 188 Å². The third kappa shape index (κ3) is 4.90. The maximum Gasteiger partial charge on any atom is 0.160 e. The predicted octanol–water partition coefficient (Wildman–Crippen LogP) is 14.0. The quantitative estimate of drug-likeness (QED) is 0.179. The van der Waals surface area contributed by atoms with Gasteiger partial charge >= 0.3 is 0 Å². The Morgan fingerprint density at radius 2 is 0.784 bits per heavy atom. The lowest BCUT2D eigenvalue weighted by molar-refractivity contribution is 0.668. The summed E-state index contributed by atoms with van der Waals surface area (Å²) in [6.07, 6.45) is 0. The predicted molar refractivity (Wildman–Crippen MR) is 212 cm³/mol. The molecule has 0 aliphatic rings. The summed E-state index contributed by atoms with van der Waals surface area (Å²) in [5, 5.41) is 4.37. The number of benzene rings is 8. The molecule has 0 aliphatic carbocycles. The van der Waals surface area contributed by atoms with E-state index in [2.05, 4.69) is 175 Å². The number of hydrogen-bond acceptors (Lipinski definition) is 3. The second kappa shape index (κ2) is 11.9. The molecule has 2 heterocycles. The zero-order chi connectivity index (χ0) is 33.7. The maximum atomic E-state index is 6.87. The monoisotopic (exact) mass is 653 g/mol. The van der Waals surface area contributed by atoms with Crippen LogP contribution in [0.1, 0.15) is 0 Å². The summed E-state index contributed by atoms with van der Waals surface area (Å²) in [6, 6.07) is 66.0. The van der Waals surface area contributed by atoms with Crippen LogP contribution in [0.25, 0.3) is 77.3 Å². The molecule has 0 aliphatic heterocycles. The van der Waals surface area contributed by atoms with E-state index in [1.165, 1.54) is 22.3 Å². The van der Waals surface area contributed by atoms with Gasteiger partial charge in [0.05, 0.1) is 5.69 Å². The van der Waals surface area contributed by atoms with Crippen LogP contribution in [0.3, 0.4) is 0 Å². The Balaban J connectivity index is 1.21. The summed E-state index contributed by atoms with van der Waals surface area (Å²) in [5.74, 6) is 0. The second-order valence-corrected chi connectivity index (χ2v) is 12.9. The van der Waals surface area contributed by atoms with Crippen molar-refractivity contribution in [1.82, 2.24) is 0 Å². The van der Waals surface area contributed by atoms with Gasteiger partial charge in [-0.1, -0.05) is 140 Å². The topological polar surface area (TPSA) is 29.5 Å². The van der Waals surface area contributed by atoms with Crippen molar-refractivity contribution in [3.63, 3.8) is 0 Å². The summed E-state index contributed by atoms with van der Waals surface area (Å²) in [7, 11) is 0. The normalized spacial score (nSPS) is 11.5. The molecule has 3 nitrogen and oxygen atoms in total. The first kappa shape index (κ1) is 29.1. The summed E-state index contributed by atoms with van der Waals surface area (Å²) in [6.45, 7) is 0. The highest BCUT2D eigenvalue weighted by Gasteiger charge is 2.24. The third-order valence-electron chi connectivity index (χ3n) is 9.90. The maximum absolute atomic E-state index is 6.87. The molecule has 0 radical (unpaired) electrons. The van der Waals surface area contributed by atoms with Crippen LogP contribution in [0, 0.1) is 0 Å². The molecule has 0 N–H and O–H groups in total. The average molecular weight is 654 g/mol. The number of nitrogens with zero attached hydrogens (tertiary/aromatic N) is 1. The van der Waals surface area contributed by atoms with E-state index in [1.54, 1.807) is 0 Å². The summed E-state index contributed by atoms with van der Waals surface area (Å²) in [4.78, 5) is 2.31. The van der Waals surface area contributed by atoms with E-state index in [4.69, 9.17) is 8.83 Å². The first-order valence-corrected chi connectivity index (χ1v) is 17.3. The van der Waals surface area contributed by atoms with Gasteiger partial charge in [0.25, 0.3) is 0 Å². The number of hydrogen-bond donors (Lipinski definition) is 0. The molecule has 2 aromatic heterocycles. The highest BCUT2D eigenvalue weighted by atomic mass is 16.3. The van der Waals surface area contributed by atoms with Crippen molar-refractivity contribution in [3.8, 4) is 33.4 Å². The van der Waals surface area contributed by atoms with E-state index in [0.29, 0.717) is 0 Å². The lowest BCUT2D eigenvalue weighted by Crippen LogP contribution is -2.10. The van der Waals surface area contributed by atoms with Crippen LogP contribution in [0.4, 0.5) is 17.1 Å². The SMILES string of the molecule is c1ccc(-c2ccc(N(c3ccc(-c4ccccc4)cc3)c3ccc(-c4cccc5oc6ccccc6c45)c4c3oc3ccccc34)cc2)cc1. The standard InChI is InChI=1S/C48H31NO2/c1-3-12-32(13-4-1)34-22-26-36(27-23-34)49(37-28-24-35(25-29-37)33-14-5-2-6-15-33)42-31-30-39(47-41-17-8-10-20-44(41)51-48(42)47)38-18-11-21-45-46(38)40-16-7-9-19-43(40)50-45/h1-31H. The Morgan fingerprint density at radius 3 is 1.39 bits per heavy atom. The van der Waals surface area contributed by atoms with Gasteiger partial charge in [0.2, 0.25) is 0 Å². The lowest BCUT2D eigenvalue weighted by Gasteiger charge is -2.26. The minimum atomic E-state index is 0.831. The molecule has 0 spiro atoms. The Hall–Kier alpha value is -6.84. The zero-order valence-corrected chi connectivity index (χ0v) is 27.7. The van der Waals surface area contributed by atoms with Gasteiger partial charge in [-0.3, -0.25) is 0 Å². The molecule has 10 aromatic rings. The van der Waals surface area contributed by atoms with Crippen LogP contribution < -0.4 is 4.90 Å². The van der Waals surface area contributed by atoms with Crippen LogP contribution in [-0.2, 0) is 0 Å². The van der Waals surface area contributed by atoms with E-state index < -0.39 is 0 Å². The Bertz CT molecular complexity index is 2750. The molecule has 0 fully saturated rings. The molecule has 0 unspecified atom stereocenters. The van der Waals surface area contributed by atoms with E-state index in [0.717, 1.165) is 72.1 Å². The molecule has 0 amide bonds. The summed E-state index contributed by atoms with van der Waals surface area (Å²) >= 11 is 0. The Morgan fingerprint density at radius 1 is 0.314 bits per heavy atom. The summed E-state index contributed by atoms with van der Waals surface area (Å²) < 4.78 is 13.2. The fourth-order valence-corrected chi connectivity index (χ4v) is 7.51. The first-order chi connectivity index (χ1) is 25.3. The lowest BCUT2D eigenvalue weighted by atomic mass is 9.94. The van der Waals surface area contributed by atoms with E-state index in [9.17, 15) is 0 Å². The van der Waals surface area contributed by atoms with Gasteiger partial charge in [-0.05, 0) is 81.9 Å². The molecular formula is C48H31NO2. The van der Waals surface area contributed by atoms with Crippen molar-refractivity contribution in [2.75, 3.05) is 4.90 Å². The van der Waals surface area contributed by atoms with Gasteiger partial charge in [-0.2, -0.15) is 0 Å². The molecule has 8 aromatic carbocycles. The van der Waals surface area contributed by atoms with Gasteiger partial charge in [-0.15, -0.1) is 0 Å². The Kier molecular flexibility index (Phi) is 6.81. The van der Waals surface area contributed by atoms with E-state index >= 15 is 0 Å². The van der Waals surface area contributed by atoms with Gasteiger partial charge in [0.15, 0.2) is 5.58 Å². The van der Waals surface area contributed by atoms with Crippen LogP contribution in [0.2, 0.25) is 0 Å². The molecule has 3 heteroatoms. The molecule has 10 rings (SSSR count). The van der Waals surface area contributed by atoms with Crippen LogP contribution in [-0.4, -0.2) is 0 Å². The van der Waals surface area contributed by atoms with Crippen molar-refractivity contribution in [2.24, 2.45) is 0 Å². The average Bonchev–Trinajstić information content (AvgIpc) is 3.79.